The minimum absolute atomic E-state index is 0.0630. The van der Waals surface area contributed by atoms with E-state index >= 15 is 0 Å². The third-order valence-electron chi connectivity index (χ3n) is 3.27. The molecule has 9 heteroatoms. The Morgan fingerprint density at radius 3 is 2.38 bits per heavy atom. The molecule has 0 bridgehead atoms. The van der Waals surface area contributed by atoms with E-state index in [2.05, 4.69) is 10.6 Å². The van der Waals surface area contributed by atoms with Gasteiger partial charge in [-0.15, -0.1) is 0 Å². The molecule has 0 saturated carbocycles. The Hall–Kier alpha value is -1.80. The van der Waals surface area contributed by atoms with E-state index < -0.39 is 29.0 Å². The largest absolute Gasteiger partial charge is 0.416 e. The zero-order valence-electron chi connectivity index (χ0n) is 13.4. The smallest absolute Gasteiger partial charge is 0.383 e. The number of ether oxygens (including phenoxy) is 1. The Morgan fingerprint density at radius 1 is 1.21 bits per heavy atom. The Kier molecular flexibility index (Phi) is 6.62. The zero-order chi connectivity index (χ0) is 18.5. The first-order valence-corrected chi connectivity index (χ1v) is 7.33. The first kappa shape index (κ1) is 20.2. The molecular formula is C15H18ClF3N2O3. The maximum absolute atomic E-state index is 12.7. The number of methoxy groups -OCH3 is 1. The number of halogens is 4. The minimum Gasteiger partial charge on any atom is -0.383 e. The van der Waals surface area contributed by atoms with Crippen LogP contribution in [0.2, 0.25) is 5.02 Å². The second kappa shape index (κ2) is 7.85. The summed E-state index contributed by atoms with van der Waals surface area (Å²) in [6, 6.07) is 2.56. The molecule has 1 rings (SSSR count). The van der Waals surface area contributed by atoms with Gasteiger partial charge in [-0.05, 0) is 32.0 Å². The lowest BCUT2D eigenvalue weighted by Gasteiger charge is -2.23. The van der Waals surface area contributed by atoms with E-state index in [1.165, 1.54) is 21.0 Å². The maximum atomic E-state index is 12.7. The van der Waals surface area contributed by atoms with Gasteiger partial charge in [-0.25, -0.2) is 0 Å². The molecule has 0 heterocycles. The van der Waals surface area contributed by atoms with Crippen LogP contribution in [-0.4, -0.2) is 32.1 Å². The average molecular weight is 367 g/mol. The molecule has 134 valence electrons. The highest BCUT2D eigenvalue weighted by Gasteiger charge is 2.37. The van der Waals surface area contributed by atoms with E-state index in [1.54, 1.807) is 0 Å². The molecule has 2 N–H and O–H groups in total. The van der Waals surface area contributed by atoms with Gasteiger partial charge in [-0.3, -0.25) is 9.59 Å². The monoisotopic (exact) mass is 366 g/mol. The van der Waals surface area contributed by atoms with Gasteiger partial charge in [-0.1, -0.05) is 11.6 Å². The summed E-state index contributed by atoms with van der Waals surface area (Å²) in [6.45, 7) is 3.18. The summed E-state index contributed by atoms with van der Waals surface area (Å²) in [5.74, 6) is -1.36. The topological polar surface area (TPSA) is 67.4 Å². The molecule has 0 saturated heterocycles. The normalized spacial score (nSPS) is 12.0. The van der Waals surface area contributed by atoms with Crippen LogP contribution in [0.15, 0.2) is 18.2 Å². The molecule has 0 aromatic heterocycles. The molecule has 0 aliphatic heterocycles. The Balaban J connectivity index is 2.92. The molecule has 0 fully saturated rings. The average Bonchev–Trinajstić information content (AvgIpc) is 2.48. The van der Waals surface area contributed by atoms with Gasteiger partial charge in [-0.2, -0.15) is 13.2 Å². The molecule has 0 unspecified atom stereocenters. The van der Waals surface area contributed by atoms with Crippen molar-refractivity contribution in [3.05, 3.63) is 28.8 Å². The van der Waals surface area contributed by atoms with Crippen molar-refractivity contribution in [2.75, 3.05) is 25.6 Å². The number of rotatable bonds is 6. The maximum Gasteiger partial charge on any atom is 0.416 e. The van der Waals surface area contributed by atoms with Crippen molar-refractivity contribution in [1.82, 2.24) is 5.32 Å². The summed E-state index contributed by atoms with van der Waals surface area (Å²) in [6.07, 6.45) is -4.57. The van der Waals surface area contributed by atoms with Crippen LogP contribution in [0.25, 0.3) is 0 Å². The molecule has 1 aromatic rings. The lowest BCUT2D eigenvalue weighted by Crippen LogP contribution is -2.46. The Bertz CT molecular complexity index is 618. The fourth-order valence-corrected chi connectivity index (χ4v) is 1.83. The molecule has 0 spiro atoms. The number of hydrogen-bond acceptors (Lipinski definition) is 3. The van der Waals surface area contributed by atoms with Gasteiger partial charge in [0, 0.05) is 13.7 Å². The van der Waals surface area contributed by atoms with Crippen molar-refractivity contribution in [1.29, 1.82) is 0 Å². The summed E-state index contributed by atoms with van der Waals surface area (Å²) in [5, 5.41) is 4.71. The molecule has 2 amide bonds. The van der Waals surface area contributed by atoms with Crippen molar-refractivity contribution >= 4 is 29.1 Å². The molecule has 0 aliphatic rings. The predicted molar refractivity (Wildman–Crippen MR) is 83.8 cm³/mol. The fourth-order valence-electron chi connectivity index (χ4n) is 1.67. The van der Waals surface area contributed by atoms with Crippen molar-refractivity contribution in [2.45, 2.75) is 20.0 Å². The van der Waals surface area contributed by atoms with Crippen LogP contribution in [0.3, 0.4) is 0 Å². The van der Waals surface area contributed by atoms with Gasteiger partial charge in [0.05, 0.1) is 22.9 Å². The van der Waals surface area contributed by atoms with E-state index in [-0.39, 0.29) is 23.9 Å². The van der Waals surface area contributed by atoms with Gasteiger partial charge < -0.3 is 15.4 Å². The van der Waals surface area contributed by atoms with Crippen LogP contribution in [0.5, 0.6) is 0 Å². The number of alkyl halides is 3. The second-order valence-corrected chi connectivity index (χ2v) is 5.93. The highest BCUT2D eigenvalue weighted by atomic mass is 35.5. The number of anilines is 1. The van der Waals surface area contributed by atoms with Crippen molar-refractivity contribution in [3.8, 4) is 0 Å². The van der Waals surface area contributed by atoms with Crippen molar-refractivity contribution in [2.24, 2.45) is 5.41 Å². The predicted octanol–water partition coefficient (Wildman–Crippen LogP) is 3.09. The van der Waals surface area contributed by atoms with E-state index in [4.69, 9.17) is 16.3 Å². The van der Waals surface area contributed by atoms with Gasteiger partial charge in [0.1, 0.15) is 5.41 Å². The zero-order valence-corrected chi connectivity index (χ0v) is 14.1. The number of hydrogen-bond donors (Lipinski definition) is 2. The van der Waals surface area contributed by atoms with Crippen LogP contribution in [0, 0.1) is 5.41 Å². The van der Waals surface area contributed by atoms with Crippen LogP contribution in [0.1, 0.15) is 19.4 Å². The number of carbonyl (C=O) groups excluding carboxylic acids is 2. The number of nitrogens with one attached hydrogen (secondary N) is 2. The third-order valence-corrected chi connectivity index (χ3v) is 3.60. The SMILES string of the molecule is COCCNC(=O)C(C)(C)C(=O)Nc1cc(C(F)(F)F)ccc1Cl. The highest BCUT2D eigenvalue weighted by molar-refractivity contribution is 6.34. The summed E-state index contributed by atoms with van der Waals surface area (Å²) < 4.78 is 43.0. The molecule has 1 aromatic carbocycles. The van der Waals surface area contributed by atoms with Gasteiger partial charge in [0.25, 0.3) is 0 Å². The van der Waals surface area contributed by atoms with E-state index in [0.717, 1.165) is 18.2 Å². The molecule has 0 aliphatic carbocycles. The quantitative estimate of drug-likeness (QED) is 0.600. The van der Waals surface area contributed by atoms with E-state index in [1.807, 2.05) is 0 Å². The summed E-state index contributed by atoms with van der Waals surface area (Å²) >= 11 is 5.82. The van der Waals surface area contributed by atoms with E-state index in [9.17, 15) is 22.8 Å². The summed E-state index contributed by atoms with van der Waals surface area (Å²) in [4.78, 5) is 24.3. The van der Waals surface area contributed by atoms with Crippen LogP contribution in [0.4, 0.5) is 18.9 Å². The Morgan fingerprint density at radius 2 is 1.83 bits per heavy atom. The van der Waals surface area contributed by atoms with Crippen molar-refractivity contribution < 1.29 is 27.5 Å². The van der Waals surface area contributed by atoms with Gasteiger partial charge >= 0.3 is 6.18 Å². The number of benzene rings is 1. The standard InChI is InChI=1S/C15H18ClF3N2O3/c1-14(2,12(22)20-6-7-24-3)13(23)21-11-8-9(15(17,18)19)4-5-10(11)16/h4-5,8H,6-7H2,1-3H3,(H,20,22)(H,21,23). The first-order chi connectivity index (χ1) is 11.0. The summed E-state index contributed by atoms with van der Waals surface area (Å²) in [5.41, 5.74) is -2.68. The van der Waals surface area contributed by atoms with Crippen LogP contribution >= 0.6 is 11.6 Å². The molecule has 24 heavy (non-hydrogen) atoms. The van der Waals surface area contributed by atoms with Gasteiger partial charge in [0.15, 0.2) is 0 Å². The second-order valence-electron chi connectivity index (χ2n) is 5.52. The minimum atomic E-state index is -4.57. The van der Waals surface area contributed by atoms with Crippen LogP contribution < -0.4 is 10.6 Å². The number of amides is 2. The lowest BCUT2D eigenvalue weighted by atomic mass is 9.91. The highest BCUT2D eigenvalue weighted by Crippen LogP contribution is 2.34. The molecule has 0 radical (unpaired) electrons. The summed E-state index contributed by atoms with van der Waals surface area (Å²) in [7, 11) is 1.46. The lowest BCUT2D eigenvalue weighted by molar-refractivity contribution is -0.139. The fraction of sp³-hybridized carbons (Fsp3) is 0.467. The molecular weight excluding hydrogens is 349 g/mol. The van der Waals surface area contributed by atoms with Gasteiger partial charge in [0.2, 0.25) is 11.8 Å². The van der Waals surface area contributed by atoms with E-state index in [0.29, 0.717) is 0 Å². The number of carbonyl (C=O) groups is 2. The Labute approximate surface area is 142 Å². The van der Waals surface area contributed by atoms with Crippen molar-refractivity contribution in [3.63, 3.8) is 0 Å². The molecule has 5 nitrogen and oxygen atoms in total. The molecule has 0 atom stereocenters. The third kappa shape index (κ3) is 5.10. The van der Waals surface area contributed by atoms with Crippen LogP contribution in [-0.2, 0) is 20.5 Å². The first-order valence-electron chi connectivity index (χ1n) is 6.95.